The number of ketones is 1. The molecule has 1 amide bonds. The van der Waals surface area contributed by atoms with Crippen LogP contribution in [-0.4, -0.2) is 33.2 Å². The molecule has 33 heavy (non-hydrogen) atoms. The fourth-order valence-corrected chi connectivity index (χ4v) is 4.25. The number of carbonyl (C=O) groups is 2. The quantitative estimate of drug-likeness (QED) is 0.333. The number of H-pyrrole nitrogens is 1. The van der Waals surface area contributed by atoms with Crippen molar-refractivity contribution >= 4 is 22.7 Å². The zero-order valence-electron chi connectivity index (χ0n) is 17.6. The minimum Gasteiger partial charge on any atom is -0.503 e. The lowest BCUT2D eigenvalue weighted by Crippen LogP contribution is -2.36. The van der Waals surface area contributed by atoms with Crippen molar-refractivity contribution in [3.8, 4) is 0 Å². The van der Waals surface area contributed by atoms with Crippen LogP contribution in [0.2, 0.25) is 0 Å². The SMILES string of the molecule is O=C(C1=C(O)C(=O)N(CCC[n+]2cc[nH]c2)C1c1cccc(F)c1)c1cc2ccccc2o1. The second-order valence-corrected chi connectivity index (χ2v) is 7.90. The van der Waals surface area contributed by atoms with Crippen LogP contribution >= 0.6 is 0 Å². The van der Waals surface area contributed by atoms with Crippen molar-refractivity contribution in [2.24, 2.45) is 0 Å². The number of nitrogens with zero attached hydrogens (tertiary/aromatic N) is 2. The van der Waals surface area contributed by atoms with Gasteiger partial charge in [-0.05, 0) is 29.8 Å². The van der Waals surface area contributed by atoms with Gasteiger partial charge in [0.1, 0.15) is 23.8 Å². The van der Waals surface area contributed by atoms with E-state index in [9.17, 15) is 19.1 Å². The molecule has 5 rings (SSSR count). The van der Waals surface area contributed by atoms with Crippen molar-refractivity contribution in [3.63, 3.8) is 0 Å². The summed E-state index contributed by atoms with van der Waals surface area (Å²) in [7, 11) is 0. The summed E-state index contributed by atoms with van der Waals surface area (Å²) in [5, 5.41) is 11.5. The summed E-state index contributed by atoms with van der Waals surface area (Å²) in [5.74, 6) is -2.39. The Balaban J connectivity index is 1.51. The Morgan fingerprint density at radius 2 is 2.03 bits per heavy atom. The van der Waals surface area contributed by atoms with Gasteiger partial charge in [0.25, 0.3) is 5.91 Å². The summed E-state index contributed by atoms with van der Waals surface area (Å²) < 4.78 is 21.7. The van der Waals surface area contributed by atoms with E-state index in [1.807, 2.05) is 16.8 Å². The van der Waals surface area contributed by atoms with Crippen molar-refractivity contribution in [2.45, 2.75) is 19.0 Å². The normalized spacial score (nSPS) is 16.2. The summed E-state index contributed by atoms with van der Waals surface area (Å²) in [5.41, 5.74) is 0.813. The van der Waals surface area contributed by atoms with Crippen LogP contribution in [0.4, 0.5) is 4.39 Å². The predicted molar refractivity (Wildman–Crippen MR) is 117 cm³/mol. The molecule has 1 unspecified atom stereocenters. The fourth-order valence-electron chi connectivity index (χ4n) is 4.25. The maximum Gasteiger partial charge on any atom is 0.290 e. The van der Waals surface area contributed by atoms with Crippen LogP contribution in [-0.2, 0) is 11.3 Å². The highest BCUT2D eigenvalue weighted by Gasteiger charge is 2.44. The Hall–Kier alpha value is -4.20. The lowest BCUT2D eigenvalue weighted by atomic mass is 9.95. The van der Waals surface area contributed by atoms with Crippen molar-refractivity contribution in [1.82, 2.24) is 9.88 Å². The smallest absolute Gasteiger partial charge is 0.290 e. The highest BCUT2D eigenvalue weighted by molar-refractivity contribution is 6.16. The average Bonchev–Trinajstić information content (AvgIpc) is 3.53. The van der Waals surface area contributed by atoms with Crippen LogP contribution in [0.1, 0.15) is 28.6 Å². The van der Waals surface area contributed by atoms with Crippen molar-refractivity contribution in [3.05, 3.63) is 102 Å². The molecule has 0 bridgehead atoms. The number of rotatable bonds is 7. The molecule has 1 atom stereocenters. The van der Waals surface area contributed by atoms with E-state index in [4.69, 9.17) is 4.42 Å². The first kappa shape index (κ1) is 20.7. The van der Waals surface area contributed by atoms with Gasteiger partial charge in [-0.15, -0.1) is 0 Å². The van der Waals surface area contributed by atoms with E-state index in [0.717, 1.165) is 5.39 Å². The summed E-state index contributed by atoms with van der Waals surface area (Å²) in [4.78, 5) is 30.8. The zero-order valence-corrected chi connectivity index (χ0v) is 17.6. The number of imidazole rings is 1. The lowest BCUT2D eigenvalue weighted by Gasteiger charge is -2.26. The maximum absolute atomic E-state index is 14.1. The Bertz CT molecular complexity index is 1340. The van der Waals surface area contributed by atoms with E-state index in [1.165, 1.54) is 23.1 Å². The summed E-state index contributed by atoms with van der Waals surface area (Å²) in [6.07, 6.45) is 6.01. The Labute approximate surface area is 188 Å². The number of aromatic nitrogens is 2. The van der Waals surface area contributed by atoms with Crippen LogP contribution in [0, 0.1) is 5.82 Å². The van der Waals surface area contributed by atoms with Gasteiger partial charge in [-0.3, -0.25) is 14.6 Å². The molecule has 2 N–H and O–H groups in total. The van der Waals surface area contributed by atoms with Crippen LogP contribution in [0.3, 0.4) is 0 Å². The van der Waals surface area contributed by atoms with Gasteiger partial charge in [-0.25, -0.2) is 8.96 Å². The molecule has 2 aromatic carbocycles. The number of halogens is 1. The summed E-state index contributed by atoms with van der Waals surface area (Å²) in [6.45, 7) is 0.885. The molecule has 0 radical (unpaired) electrons. The van der Waals surface area contributed by atoms with Gasteiger partial charge in [0.2, 0.25) is 12.1 Å². The van der Waals surface area contributed by atoms with Gasteiger partial charge in [0.15, 0.2) is 11.5 Å². The minimum absolute atomic E-state index is 0.0108. The van der Waals surface area contributed by atoms with Crippen molar-refractivity contribution in [1.29, 1.82) is 0 Å². The van der Waals surface area contributed by atoms with Crippen LogP contribution in [0.5, 0.6) is 0 Å². The number of hydrogen-bond donors (Lipinski definition) is 2. The van der Waals surface area contributed by atoms with Gasteiger partial charge in [-0.2, -0.15) is 0 Å². The van der Waals surface area contributed by atoms with E-state index >= 15 is 0 Å². The number of aliphatic hydroxyl groups is 1. The molecule has 8 heteroatoms. The standard InChI is InChI=1S/C25H20FN3O4/c26-18-7-3-6-17(13-18)22-21(23(30)20-14-16-5-1-2-8-19(16)33-20)24(31)25(32)29(22)11-4-10-28-12-9-27-15-28/h1-3,5-9,12-15,22H,4,10-11H2,(H,30,31)/p+1. The second-order valence-electron chi connectivity index (χ2n) is 7.90. The van der Waals surface area contributed by atoms with Gasteiger partial charge < -0.3 is 14.4 Å². The minimum atomic E-state index is -0.926. The number of para-hydroxylation sites is 1. The van der Waals surface area contributed by atoms with Gasteiger partial charge in [0, 0.05) is 18.4 Å². The Kier molecular flexibility index (Phi) is 5.26. The topological polar surface area (TPSA) is 90.4 Å². The highest BCUT2D eigenvalue weighted by Crippen LogP contribution is 2.39. The number of fused-ring (bicyclic) bond motifs is 1. The van der Waals surface area contributed by atoms with E-state index in [-0.39, 0.29) is 17.9 Å². The third-order valence-electron chi connectivity index (χ3n) is 5.78. The molecule has 1 aliphatic rings. The Morgan fingerprint density at radius 3 is 2.79 bits per heavy atom. The molecule has 0 saturated carbocycles. The number of carbonyl (C=O) groups excluding carboxylic acids is 2. The first-order chi connectivity index (χ1) is 16.0. The predicted octanol–water partition coefficient (Wildman–Crippen LogP) is 3.86. The number of hydrogen-bond acceptors (Lipinski definition) is 4. The molecule has 0 spiro atoms. The van der Waals surface area contributed by atoms with Crippen LogP contribution in [0.15, 0.2) is 89.1 Å². The summed E-state index contributed by atoms with van der Waals surface area (Å²) in [6, 6.07) is 13.5. The number of benzene rings is 2. The molecule has 7 nitrogen and oxygen atoms in total. The molecular formula is C25H21FN3O4+. The number of aromatic amines is 1. The first-order valence-corrected chi connectivity index (χ1v) is 10.6. The number of furan rings is 1. The number of Topliss-reactive ketones (excluding diaryl/α,β-unsaturated/α-hetero) is 1. The molecule has 3 heterocycles. The van der Waals surface area contributed by atoms with Gasteiger partial charge in [0.05, 0.1) is 18.2 Å². The highest BCUT2D eigenvalue weighted by atomic mass is 19.1. The second kappa shape index (κ2) is 8.38. The number of aryl methyl sites for hydroxylation is 1. The van der Waals surface area contributed by atoms with Crippen molar-refractivity contribution < 1.29 is 28.1 Å². The monoisotopic (exact) mass is 446 g/mol. The van der Waals surface area contributed by atoms with Gasteiger partial charge >= 0.3 is 0 Å². The largest absolute Gasteiger partial charge is 0.503 e. The number of nitrogens with one attached hydrogen (secondary N) is 1. The third kappa shape index (κ3) is 3.80. The molecular weight excluding hydrogens is 425 g/mol. The fraction of sp³-hybridized carbons (Fsp3) is 0.160. The Morgan fingerprint density at radius 1 is 1.18 bits per heavy atom. The average molecular weight is 446 g/mol. The summed E-state index contributed by atoms with van der Waals surface area (Å²) >= 11 is 0. The first-order valence-electron chi connectivity index (χ1n) is 10.6. The molecule has 2 aromatic heterocycles. The van der Waals surface area contributed by atoms with Gasteiger partial charge in [-0.1, -0.05) is 30.3 Å². The lowest BCUT2D eigenvalue weighted by molar-refractivity contribution is -0.695. The molecule has 166 valence electrons. The number of amides is 1. The zero-order chi connectivity index (χ0) is 22.9. The molecule has 1 aliphatic heterocycles. The van der Waals surface area contributed by atoms with Crippen LogP contribution in [0.25, 0.3) is 11.0 Å². The third-order valence-corrected chi connectivity index (χ3v) is 5.78. The molecule has 0 aliphatic carbocycles. The van der Waals surface area contributed by atoms with E-state index in [0.29, 0.717) is 24.1 Å². The molecule has 0 saturated heterocycles. The van der Waals surface area contributed by atoms with Crippen LogP contribution < -0.4 is 4.57 Å². The van der Waals surface area contributed by atoms with Crippen molar-refractivity contribution in [2.75, 3.05) is 6.54 Å². The van der Waals surface area contributed by atoms with E-state index < -0.39 is 29.3 Å². The molecule has 0 fully saturated rings. The molecule has 4 aromatic rings. The van der Waals surface area contributed by atoms with E-state index in [2.05, 4.69) is 4.98 Å². The van der Waals surface area contributed by atoms with E-state index in [1.54, 1.807) is 42.9 Å². The maximum atomic E-state index is 14.1. The number of aliphatic hydroxyl groups excluding tert-OH is 1.